The van der Waals surface area contributed by atoms with Gasteiger partial charge in [-0.2, -0.15) is 0 Å². The molecule has 1 N–H and O–H groups in total. The Kier molecular flexibility index (Phi) is 3.18. The number of rotatable bonds is 2. The van der Waals surface area contributed by atoms with Gasteiger partial charge in [-0.3, -0.25) is 5.41 Å². The highest BCUT2D eigenvalue weighted by molar-refractivity contribution is 6.08. The van der Waals surface area contributed by atoms with Crippen molar-refractivity contribution in [2.24, 2.45) is 0 Å². The molecule has 2 aromatic carbocycles. The summed E-state index contributed by atoms with van der Waals surface area (Å²) in [5.41, 5.74) is 4.69. The number of para-hydroxylation sites is 2. The zero-order chi connectivity index (χ0) is 14.1. The fourth-order valence-corrected chi connectivity index (χ4v) is 2.76. The molecular formula is C17H19N3. The highest BCUT2D eigenvalue weighted by atomic mass is 15.4. The van der Waals surface area contributed by atoms with E-state index in [1.165, 1.54) is 11.1 Å². The summed E-state index contributed by atoms with van der Waals surface area (Å²) in [4.78, 5) is 4.17. The van der Waals surface area contributed by atoms with Gasteiger partial charge in [0.25, 0.3) is 0 Å². The first-order valence-electron chi connectivity index (χ1n) is 6.93. The number of nitrogens with one attached hydrogen (secondary N) is 1. The van der Waals surface area contributed by atoms with Crippen LogP contribution in [0.4, 0.5) is 11.4 Å². The van der Waals surface area contributed by atoms with Crippen molar-refractivity contribution in [1.82, 2.24) is 0 Å². The van der Waals surface area contributed by atoms with Gasteiger partial charge < -0.3 is 9.80 Å². The average Bonchev–Trinajstić information content (AvgIpc) is 2.82. The third kappa shape index (κ3) is 2.05. The Balaban J connectivity index is 1.92. The molecule has 0 saturated carbocycles. The lowest BCUT2D eigenvalue weighted by atomic mass is 10.2. The van der Waals surface area contributed by atoms with Crippen LogP contribution in [0.3, 0.4) is 0 Å². The van der Waals surface area contributed by atoms with Crippen molar-refractivity contribution in [2.45, 2.75) is 13.8 Å². The molecule has 3 rings (SSSR count). The van der Waals surface area contributed by atoms with E-state index in [0.717, 1.165) is 24.5 Å². The maximum absolute atomic E-state index is 8.48. The van der Waals surface area contributed by atoms with Gasteiger partial charge in [-0.05, 0) is 37.1 Å². The van der Waals surface area contributed by atoms with E-state index in [0.29, 0.717) is 5.96 Å². The molecule has 3 heteroatoms. The van der Waals surface area contributed by atoms with Gasteiger partial charge >= 0.3 is 0 Å². The van der Waals surface area contributed by atoms with Crippen molar-refractivity contribution in [1.29, 1.82) is 5.41 Å². The summed E-state index contributed by atoms with van der Waals surface area (Å²) in [5, 5.41) is 8.48. The standard InChI is InChI=1S/C17H19N3/c1-13-7-3-5-9-15(13)19-11-12-20(17(19)18)16-10-6-4-8-14(16)2/h3-10,18H,11-12H2,1-2H3. The predicted molar refractivity (Wildman–Crippen MR) is 84.8 cm³/mol. The molecule has 1 fully saturated rings. The van der Waals surface area contributed by atoms with E-state index in [-0.39, 0.29) is 0 Å². The summed E-state index contributed by atoms with van der Waals surface area (Å²) >= 11 is 0. The fraction of sp³-hybridized carbons (Fsp3) is 0.235. The molecule has 1 aliphatic rings. The van der Waals surface area contributed by atoms with Gasteiger partial charge in [-0.25, -0.2) is 0 Å². The molecule has 2 aromatic rings. The van der Waals surface area contributed by atoms with Gasteiger partial charge in [0.05, 0.1) is 0 Å². The van der Waals surface area contributed by atoms with Crippen molar-refractivity contribution in [3.63, 3.8) is 0 Å². The molecular weight excluding hydrogens is 246 g/mol. The zero-order valence-corrected chi connectivity index (χ0v) is 11.9. The number of hydrogen-bond donors (Lipinski definition) is 1. The number of guanidine groups is 1. The van der Waals surface area contributed by atoms with E-state index in [2.05, 4.69) is 47.9 Å². The zero-order valence-electron chi connectivity index (χ0n) is 11.9. The molecule has 0 bridgehead atoms. The Morgan fingerprint density at radius 2 is 1.15 bits per heavy atom. The molecule has 102 valence electrons. The topological polar surface area (TPSA) is 30.3 Å². The van der Waals surface area contributed by atoms with E-state index in [1.54, 1.807) is 0 Å². The molecule has 0 aromatic heterocycles. The third-order valence-electron chi connectivity index (χ3n) is 3.87. The Hall–Kier alpha value is -2.29. The van der Waals surface area contributed by atoms with Crippen LogP contribution in [0, 0.1) is 19.3 Å². The van der Waals surface area contributed by atoms with Crippen LogP contribution in [-0.4, -0.2) is 19.0 Å². The monoisotopic (exact) mass is 265 g/mol. The lowest BCUT2D eigenvalue weighted by Crippen LogP contribution is -2.33. The summed E-state index contributed by atoms with van der Waals surface area (Å²) in [7, 11) is 0. The molecule has 0 atom stereocenters. The molecule has 0 aliphatic carbocycles. The minimum atomic E-state index is 0.564. The van der Waals surface area contributed by atoms with Crippen molar-refractivity contribution in [3.8, 4) is 0 Å². The normalized spacial score (nSPS) is 15.0. The van der Waals surface area contributed by atoms with Crippen molar-refractivity contribution >= 4 is 17.3 Å². The lowest BCUT2D eigenvalue weighted by molar-refractivity contribution is 1.02. The summed E-state index contributed by atoms with van der Waals surface area (Å²) in [6.45, 7) is 5.91. The summed E-state index contributed by atoms with van der Waals surface area (Å²) in [6, 6.07) is 16.5. The van der Waals surface area contributed by atoms with Crippen molar-refractivity contribution in [2.75, 3.05) is 22.9 Å². The largest absolute Gasteiger partial charge is 0.310 e. The molecule has 1 saturated heterocycles. The van der Waals surface area contributed by atoms with Crippen LogP contribution in [-0.2, 0) is 0 Å². The highest BCUT2D eigenvalue weighted by Crippen LogP contribution is 2.28. The first-order chi connectivity index (χ1) is 9.68. The Labute approximate surface area is 120 Å². The van der Waals surface area contributed by atoms with Gasteiger partial charge in [0.2, 0.25) is 5.96 Å². The van der Waals surface area contributed by atoms with Gasteiger partial charge in [-0.1, -0.05) is 36.4 Å². The summed E-state index contributed by atoms with van der Waals surface area (Å²) in [5.74, 6) is 0.564. The van der Waals surface area contributed by atoms with E-state index in [9.17, 15) is 0 Å². The number of benzene rings is 2. The van der Waals surface area contributed by atoms with Crippen LogP contribution in [0.2, 0.25) is 0 Å². The molecule has 3 nitrogen and oxygen atoms in total. The number of hydrogen-bond acceptors (Lipinski definition) is 1. The number of anilines is 2. The predicted octanol–water partition coefficient (Wildman–Crippen LogP) is 3.56. The van der Waals surface area contributed by atoms with Crippen LogP contribution < -0.4 is 9.80 Å². The Morgan fingerprint density at radius 3 is 1.55 bits per heavy atom. The van der Waals surface area contributed by atoms with E-state index >= 15 is 0 Å². The number of nitrogens with zero attached hydrogens (tertiary/aromatic N) is 2. The van der Waals surface area contributed by atoms with Gasteiger partial charge in [0, 0.05) is 24.5 Å². The van der Waals surface area contributed by atoms with Gasteiger partial charge in [0.15, 0.2) is 0 Å². The van der Waals surface area contributed by atoms with Gasteiger partial charge in [0.1, 0.15) is 0 Å². The Morgan fingerprint density at radius 1 is 0.750 bits per heavy atom. The molecule has 0 unspecified atom stereocenters. The molecule has 1 heterocycles. The van der Waals surface area contributed by atoms with Crippen LogP contribution in [0.1, 0.15) is 11.1 Å². The minimum Gasteiger partial charge on any atom is -0.310 e. The summed E-state index contributed by atoms with van der Waals surface area (Å²) in [6.07, 6.45) is 0. The number of aryl methyl sites for hydroxylation is 2. The smallest absolute Gasteiger partial charge is 0.203 e. The quantitative estimate of drug-likeness (QED) is 0.900. The van der Waals surface area contributed by atoms with E-state index in [4.69, 9.17) is 5.41 Å². The maximum Gasteiger partial charge on any atom is 0.203 e. The van der Waals surface area contributed by atoms with E-state index < -0.39 is 0 Å². The van der Waals surface area contributed by atoms with Crippen LogP contribution in [0.15, 0.2) is 48.5 Å². The molecule has 1 aliphatic heterocycles. The molecule has 0 spiro atoms. The second kappa shape index (κ2) is 5.00. The van der Waals surface area contributed by atoms with Crippen LogP contribution in [0.25, 0.3) is 0 Å². The highest BCUT2D eigenvalue weighted by Gasteiger charge is 2.28. The average molecular weight is 265 g/mol. The third-order valence-corrected chi connectivity index (χ3v) is 3.87. The summed E-state index contributed by atoms with van der Waals surface area (Å²) < 4.78 is 0. The molecule has 0 radical (unpaired) electrons. The lowest BCUT2D eigenvalue weighted by Gasteiger charge is -2.24. The first kappa shape index (κ1) is 12.7. The van der Waals surface area contributed by atoms with E-state index in [1.807, 2.05) is 24.3 Å². The Bertz CT molecular complexity index is 593. The second-order valence-electron chi connectivity index (χ2n) is 5.20. The van der Waals surface area contributed by atoms with Crippen LogP contribution >= 0.6 is 0 Å². The molecule has 0 amide bonds. The van der Waals surface area contributed by atoms with Gasteiger partial charge in [-0.15, -0.1) is 0 Å². The fourth-order valence-electron chi connectivity index (χ4n) is 2.76. The minimum absolute atomic E-state index is 0.564. The first-order valence-corrected chi connectivity index (χ1v) is 6.93. The van der Waals surface area contributed by atoms with Crippen molar-refractivity contribution in [3.05, 3.63) is 59.7 Å². The van der Waals surface area contributed by atoms with Crippen LogP contribution in [0.5, 0.6) is 0 Å². The SMILES string of the molecule is Cc1ccccc1N1CCN(c2ccccc2C)C1=N. The second-order valence-corrected chi connectivity index (χ2v) is 5.20. The van der Waals surface area contributed by atoms with Crippen molar-refractivity contribution < 1.29 is 0 Å². The maximum atomic E-state index is 8.48. The molecule has 20 heavy (non-hydrogen) atoms.